The summed E-state index contributed by atoms with van der Waals surface area (Å²) in [4.78, 5) is 27.3. The molecule has 4 heteroatoms. The van der Waals surface area contributed by atoms with Crippen LogP contribution in [-0.2, 0) is 9.59 Å². The van der Waals surface area contributed by atoms with E-state index in [4.69, 9.17) is 0 Å². The number of rotatable bonds is 3. The van der Waals surface area contributed by atoms with Crippen LogP contribution in [0.25, 0.3) is 0 Å². The fraction of sp³-hybridized carbons (Fsp3) is 0.467. The van der Waals surface area contributed by atoms with Crippen LogP contribution >= 0.6 is 0 Å². The van der Waals surface area contributed by atoms with Gasteiger partial charge in [0.05, 0.1) is 0 Å². The molecule has 0 aromatic heterocycles. The molecule has 1 aromatic carbocycles. The highest BCUT2D eigenvalue weighted by molar-refractivity contribution is 5.97. The van der Waals surface area contributed by atoms with Crippen LogP contribution in [0.1, 0.15) is 25.3 Å². The second kappa shape index (κ2) is 5.87. The Balaban J connectivity index is 2.12. The van der Waals surface area contributed by atoms with Crippen molar-refractivity contribution in [2.45, 2.75) is 26.7 Å². The lowest BCUT2D eigenvalue weighted by molar-refractivity contribution is -0.130. The van der Waals surface area contributed by atoms with Gasteiger partial charge in [0.2, 0.25) is 11.8 Å². The largest absolute Gasteiger partial charge is 0.341 e. The number of likely N-dealkylation sites (tertiary alicyclic amines) is 1. The quantitative estimate of drug-likeness (QED) is 0.833. The highest BCUT2D eigenvalue weighted by atomic mass is 16.2. The summed E-state index contributed by atoms with van der Waals surface area (Å²) in [5.41, 5.74) is 1.87. The van der Waals surface area contributed by atoms with E-state index in [2.05, 4.69) is 0 Å². The Bertz CT molecular complexity index is 479. The molecule has 0 saturated carbocycles. The first kappa shape index (κ1) is 13.6. The lowest BCUT2D eigenvalue weighted by Crippen LogP contribution is -2.41. The minimum absolute atomic E-state index is 0.0363. The maximum atomic E-state index is 12.2. The number of anilines is 1. The molecule has 0 atom stereocenters. The van der Waals surface area contributed by atoms with E-state index in [1.54, 1.807) is 4.90 Å². The Hall–Kier alpha value is -1.84. The summed E-state index contributed by atoms with van der Waals surface area (Å²) in [6, 6.07) is 7.68. The topological polar surface area (TPSA) is 40.6 Å². The van der Waals surface area contributed by atoms with E-state index in [1.807, 2.05) is 36.1 Å². The Morgan fingerprint density at radius 1 is 1.26 bits per heavy atom. The molecule has 102 valence electrons. The highest BCUT2D eigenvalue weighted by Crippen LogP contribution is 2.17. The lowest BCUT2D eigenvalue weighted by atomic mass is 10.2. The molecule has 1 aromatic rings. The number of hydrogen-bond acceptors (Lipinski definition) is 2. The number of amides is 2. The predicted molar refractivity (Wildman–Crippen MR) is 75.0 cm³/mol. The summed E-state index contributed by atoms with van der Waals surface area (Å²) in [5.74, 6) is -0.0626. The monoisotopic (exact) mass is 260 g/mol. The van der Waals surface area contributed by atoms with Crippen LogP contribution in [0.3, 0.4) is 0 Å². The van der Waals surface area contributed by atoms with Gasteiger partial charge in [0.25, 0.3) is 0 Å². The van der Waals surface area contributed by atoms with E-state index in [0.717, 1.165) is 37.2 Å². The summed E-state index contributed by atoms with van der Waals surface area (Å²) in [6.45, 7) is 5.25. The molecular weight excluding hydrogens is 240 g/mol. The van der Waals surface area contributed by atoms with E-state index in [9.17, 15) is 9.59 Å². The molecule has 19 heavy (non-hydrogen) atoms. The van der Waals surface area contributed by atoms with Gasteiger partial charge in [-0.3, -0.25) is 9.59 Å². The Morgan fingerprint density at radius 2 is 1.95 bits per heavy atom. The molecule has 0 N–H and O–H groups in total. The Labute approximate surface area is 114 Å². The first-order valence-electron chi connectivity index (χ1n) is 6.70. The summed E-state index contributed by atoms with van der Waals surface area (Å²) in [6.07, 6.45) is 2.13. The van der Waals surface area contributed by atoms with Crippen molar-refractivity contribution in [3.8, 4) is 0 Å². The standard InChI is InChI=1S/C15H20N2O2/c1-12-6-5-7-14(10-12)17(13(2)18)11-15(19)16-8-3-4-9-16/h5-7,10H,3-4,8-9,11H2,1-2H3. The number of nitrogens with zero attached hydrogens (tertiary/aromatic N) is 2. The normalized spacial score (nSPS) is 14.5. The van der Waals surface area contributed by atoms with Crippen LogP contribution in [0.5, 0.6) is 0 Å². The van der Waals surface area contributed by atoms with Gasteiger partial charge < -0.3 is 9.80 Å². The maximum Gasteiger partial charge on any atom is 0.242 e. The minimum Gasteiger partial charge on any atom is -0.341 e. The van der Waals surface area contributed by atoms with Crippen LogP contribution in [-0.4, -0.2) is 36.3 Å². The van der Waals surface area contributed by atoms with E-state index >= 15 is 0 Å². The van der Waals surface area contributed by atoms with Crippen molar-refractivity contribution in [2.75, 3.05) is 24.5 Å². The van der Waals surface area contributed by atoms with E-state index in [1.165, 1.54) is 6.92 Å². The Morgan fingerprint density at radius 3 is 2.53 bits per heavy atom. The van der Waals surface area contributed by atoms with Gasteiger partial charge in [-0.1, -0.05) is 12.1 Å². The molecule has 2 rings (SSSR count). The molecule has 0 unspecified atom stereocenters. The molecular formula is C15H20N2O2. The number of aryl methyl sites for hydroxylation is 1. The zero-order chi connectivity index (χ0) is 13.8. The first-order chi connectivity index (χ1) is 9.08. The minimum atomic E-state index is -0.0989. The van der Waals surface area contributed by atoms with E-state index in [0.29, 0.717) is 0 Å². The Kier molecular flexibility index (Phi) is 4.20. The molecule has 1 aliphatic heterocycles. The molecule has 4 nitrogen and oxygen atoms in total. The second-order valence-electron chi connectivity index (χ2n) is 5.03. The third-order valence-corrected chi connectivity index (χ3v) is 3.45. The molecule has 0 radical (unpaired) electrons. The first-order valence-corrected chi connectivity index (χ1v) is 6.70. The van der Waals surface area contributed by atoms with Gasteiger partial charge in [-0.25, -0.2) is 0 Å². The van der Waals surface area contributed by atoms with Crippen molar-refractivity contribution in [2.24, 2.45) is 0 Å². The van der Waals surface area contributed by atoms with E-state index < -0.39 is 0 Å². The summed E-state index contributed by atoms with van der Waals surface area (Å²) in [5, 5.41) is 0. The van der Waals surface area contributed by atoms with Crippen molar-refractivity contribution < 1.29 is 9.59 Å². The SMILES string of the molecule is CC(=O)N(CC(=O)N1CCCC1)c1cccc(C)c1. The number of hydrogen-bond donors (Lipinski definition) is 0. The number of carbonyl (C=O) groups is 2. The molecule has 1 fully saturated rings. The molecule has 0 spiro atoms. The van der Waals surface area contributed by atoms with Crippen LogP contribution in [0.2, 0.25) is 0 Å². The van der Waals surface area contributed by atoms with Crippen LogP contribution in [0.15, 0.2) is 24.3 Å². The number of carbonyl (C=O) groups excluding carboxylic acids is 2. The average molecular weight is 260 g/mol. The fourth-order valence-corrected chi connectivity index (χ4v) is 2.38. The smallest absolute Gasteiger partial charge is 0.242 e. The molecule has 0 bridgehead atoms. The van der Waals surface area contributed by atoms with Gasteiger partial charge in [0.15, 0.2) is 0 Å². The number of benzene rings is 1. The third-order valence-electron chi connectivity index (χ3n) is 3.45. The summed E-state index contributed by atoms with van der Waals surface area (Å²) in [7, 11) is 0. The third kappa shape index (κ3) is 3.34. The van der Waals surface area contributed by atoms with Gasteiger partial charge in [-0.05, 0) is 37.5 Å². The summed E-state index contributed by atoms with van der Waals surface area (Å²) >= 11 is 0. The molecule has 2 amide bonds. The molecule has 1 saturated heterocycles. The van der Waals surface area contributed by atoms with Crippen LogP contribution < -0.4 is 4.90 Å². The zero-order valence-corrected chi connectivity index (χ0v) is 11.6. The molecule has 1 heterocycles. The fourth-order valence-electron chi connectivity index (χ4n) is 2.38. The van der Waals surface area contributed by atoms with Crippen molar-refractivity contribution in [3.05, 3.63) is 29.8 Å². The van der Waals surface area contributed by atoms with Crippen molar-refractivity contribution >= 4 is 17.5 Å². The van der Waals surface area contributed by atoms with Crippen LogP contribution in [0.4, 0.5) is 5.69 Å². The van der Waals surface area contributed by atoms with Gasteiger partial charge >= 0.3 is 0 Å². The van der Waals surface area contributed by atoms with Crippen molar-refractivity contribution in [1.82, 2.24) is 4.90 Å². The van der Waals surface area contributed by atoms with Crippen molar-refractivity contribution in [3.63, 3.8) is 0 Å². The average Bonchev–Trinajstić information content (AvgIpc) is 2.89. The zero-order valence-electron chi connectivity index (χ0n) is 11.6. The lowest BCUT2D eigenvalue weighted by Gasteiger charge is -2.24. The van der Waals surface area contributed by atoms with E-state index in [-0.39, 0.29) is 18.4 Å². The maximum absolute atomic E-state index is 12.2. The van der Waals surface area contributed by atoms with Gasteiger partial charge in [-0.2, -0.15) is 0 Å². The summed E-state index contributed by atoms with van der Waals surface area (Å²) < 4.78 is 0. The second-order valence-corrected chi connectivity index (χ2v) is 5.03. The molecule has 0 aliphatic carbocycles. The highest BCUT2D eigenvalue weighted by Gasteiger charge is 2.22. The van der Waals surface area contributed by atoms with Crippen molar-refractivity contribution in [1.29, 1.82) is 0 Å². The molecule has 1 aliphatic rings. The van der Waals surface area contributed by atoms with Gasteiger partial charge in [0, 0.05) is 25.7 Å². The predicted octanol–water partition coefficient (Wildman–Crippen LogP) is 1.97. The van der Waals surface area contributed by atoms with Gasteiger partial charge in [0.1, 0.15) is 6.54 Å². The van der Waals surface area contributed by atoms with Crippen LogP contribution in [0, 0.1) is 6.92 Å². The van der Waals surface area contributed by atoms with Gasteiger partial charge in [-0.15, -0.1) is 0 Å².